The van der Waals surface area contributed by atoms with Crippen LogP contribution < -0.4 is 14.8 Å². The summed E-state index contributed by atoms with van der Waals surface area (Å²) in [6.07, 6.45) is 0. The Hall–Kier alpha value is -2.61. The maximum absolute atomic E-state index is 12.9. The monoisotopic (exact) mass is 336 g/mol. The lowest BCUT2D eigenvalue weighted by Crippen LogP contribution is -2.27. The van der Waals surface area contributed by atoms with Crippen LogP contribution in [0.1, 0.15) is 5.56 Å². The van der Waals surface area contributed by atoms with Crippen molar-refractivity contribution >= 4 is 27.3 Å². The summed E-state index contributed by atoms with van der Waals surface area (Å²) < 4.78 is 45.0. The van der Waals surface area contributed by atoms with Gasteiger partial charge in [-0.1, -0.05) is 18.2 Å². The Morgan fingerprint density at radius 1 is 1.17 bits per heavy atom. The lowest BCUT2D eigenvalue weighted by molar-refractivity contribution is -0.118. The Morgan fingerprint density at radius 3 is 2.65 bits per heavy atom. The lowest BCUT2D eigenvalue weighted by Gasteiger charge is -2.21. The second-order valence-electron chi connectivity index (χ2n) is 5.00. The molecule has 0 saturated heterocycles. The second kappa shape index (κ2) is 5.88. The summed E-state index contributed by atoms with van der Waals surface area (Å²) in [4.78, 5) is 11.4. The molecule has 0 radical (unpaired) electrons. The number of benzene rings is 2. The highest BCUT2D eigenvalue weighted by Crippen LogP contribution is 2.35. The van der Waals surface area contributed by atoms with Crippen molar-refractivity contribution in [3.8, 4) is 5.75 Å². The van der Waals surface area contributed by atoms with Crippen molar-refractivity contribution in [1.82, 2.24) is 0 Å². The highest BCUT2D eigenvalue weighted by atomic mass is 32.2. The largest absolute Gasteiger partial charge is 0.481 e. The number of nitrogens with one attached hydrogen (secondary N) is 2. The number of fused-ring (bicyclic) bond motifs is 1. The van der Waals surface area contributed by atoms with Crippen molar-refractivity contribution in [3.05, 3.63) is 53.8 Å². The number of carbonyl (C=O) groups excluding carboxylic acids is 1. The number of halogens is 1. The molecule has 0 bridgehead atoms. The highest BCUT2D eigenvalue weighted by Gasteiger charge is 2.21. The molecule has 0 unspecified atom stereocenters. The van der Waals surface area contributed by atoms with E-state index in [1.54, 1.807) is 12.1 Å². The van der Waals surface area contributed by atoms with Crippen LogP contribution in [0.2, 0.25) is 0 Å². The van der Waals surface area contributed by atoms with Gasteiger partial charge in [-0.15, -0.1) is 0 Å². The Bertz CT molecular complexity index is 850. The van der Waals surface area contributed by atoms with E-state index in [2.05, 4.69) is 10.0 Å². The molecule has 0 saturated carbocycles. The average molecular weight is 336 g/mol. The Balaban J connectivity index is 1.83. The number of hydrogen-bond donors (Lipinski definition) is 2. The van der Waals surface area contributed by atoms with Gasteiger partial charge >= 0.3 is 0 Å². The Labute approximate surface area is 132 Å². The van der Waals surface area contributed by atoms with E-state index >= 15 is 0 Å². The zero-order valence-corrected chi connectivity index (χ0v) is 12.7. The molecule has 23 heavy (non-hydrogen) atoms. The van der Waals surface area contributed by atoms with Gasteiger partial charge in [0.15, 0.2) is 6.61 Å². The fraction of sp³-hybridized carbons (Fsp3) is 0.133. The lowest BCUT2D eigenvalue weighted by atomic mass is 10.2. The van der Waals surface area contributed by atoms with E-state index < -0.39 is 15.8 Å². The summed E-state index contributed by atoms with van der Waals surface area (Å²) in [5, 5.41) is 2.58. The smallest absolute Gasteiger partial charge is 0.262 e. The van der Waals surface area contributed by atoms with Gasteiger partial charge in [-0.3, -0.25) is 9.52 Å². The summed E-state index contributed by atoms with van der Waals surface area (Å²) in [6.45, 7) is -0.112. The van der Waals surface area contributed by atoms with Crippen LogP contribution in [0.15, 0.2) is 42.5 Å². The summed E-state index contributed by atoms with van der Waals surface area (Å²) in [7, 11) is -3.73. The van der Waals surface area contributed by atoms with Gasteiger partial charge < -0.3 is 10.1 Å². The first-order valence-corrected chi connectivity index (χ1v) is 8.39. The van der Waals surface area contributed by atoms with Crippen molar-refractivity contribution in [2.45, 2.75) is 5.75 Å². The summed E-state index contributed by atoms with van der Waals surface area (Å²) in [5.74, 6) is -0.712. The second-order valence-corrected chi connectivity index (χ2v) is 6.73. The number of amides is 1. The molecular weight excluding hydrogens is 323 g/mol. The zero-order valence-electron chi connectivity index (χ0n) is 11.9. The molecule has 1 aliphatic rings. The number of anilines is 2. The fourth-order valence-electron chi connectivity index (χ4n) is 2.19. The van der Waals surface area contributed by atoms with E-state index in [0.717, 1.165) is 0 Å². The van der Waals surface area contributed by atoms with Gasteiger partial charge in [0, 0.05) is 0 Å². The van der Waals surface area contributed by atoms with Gasteiger partial charge in [0.2, 0.25) is 10.0 Å². The van der Waals surface area contributed by atoms with Crippen molar-refractivity contribution in [2.75, 3.05) is 16.6 Å². The van der Waals surface area contributed by atoms with Crippen LogP contribution >= 0.6 is 0 Å². The van der Waals surface area contributed by atoms with Crippen LogP contribution in [0.3, 0.4) is 0 Å². The van der Waals surface area contributed by atoms with Crippen molar-refractivity contribution < 1.29 is 22.3 Å². The summed E-state index contributed by atoms with van der Waals surface area (Å²) >= 11 is 0. The number of hydrogen-bond acceptors (Lipinski definition) is 4. The number of sulfonamides is 1. The predicted octanol–water partition coefficient (Wildman–Crippen LogP) is 2.10. The van der Waals surface area contributed by atoms with Crippen molar-refractivity contribution in [1.29, 1.82) is 0 Å². The Morgan fingerprint density at radius 2 is 1.91 bits per heavy atom. The van der Waals surface area contributed by atoms with Crippen LogP contribution in [0.5, 0.6) is 5.75 Å². The third-order valence-electron chi connectivity index (χ3n) is 3.18. The maximum Gasteiger partial charge on any atom is 0.262 e. The average Bonchev–Trinajstić information content (AvgIpc) is 2.50. The van der Waals surface area contributed by atoms with E-state index in [1.165, 1.54) is 30.3 Å². The molecule has 8 heteroatoms. The number of ether oxygens (including phenoxy) is 1. The molecule has 2 aromatic carbocycles. The first kappa shape index (κ1) is 15.3. The van der Waals surface area contributed by atoms with Crippen molar-refractivity contribution in [3.63, 3.8) is 0 Å². The van der Waals surface area contributed by atoms with E-state index in [1.807, 2.05) is 0 Å². The quantitative estimate of drug-likeness (QED) is 0.895. The minimum absolute atomic E-state index is 0.112. The van der Waals surface area contributed by atoms with Crippen LogP contribution in [0, 0.1) is 5.82 Å². The number of rotatable bonds is 4. The number of carbonyl (C=O) groups is 1. The molecule has 0 spiro atoms. The van der Waals surface area contributed by atoms with Gasteiger partial charge in [0.05, 0.1) is 11.4 Å². The molecule has 1 amide bonds. The van der Waals surface area contributed by atoms with Gasteiger partial charge in [-0.2, -0.15) is 0 Å². The van der Waals surface area contributed by atoms with Crippen LogP contribution in [0.4, 0.5) is 15.8 Å². The van der Waals surface area contributed by atoms with Gasteiger partial charge in [0.25, 0.3) is 5.91 Å². The molecule has 0 fully saturated rings. The molecule has 6 nitrogen and oxygen atoms in total. The van der Waals surface area contributed by atoms with E-state index in [9.17, 15) is 17.6 Å². The van der Waals surface area contributed by atoms with E-state index in [0.29, 0.717) is 11.3 Å². The molecule has 0 aromatic heterocycles. The molecule has 2 aromatic rings. The fourth-order valence-corrected chi connectivity index (χ4v) is 3.40. The molecule has 1 aliphatic heterocycles. The topological polar surface area (TPSA) is 84.5 Å². The first-order chi connectivity index (χ1) is 10.9. The first-order valence-electron chi connectivity index (χ1n) is 6.73. The molecule has 0 aliphatic carbocycles. The van der Waals surface area contributed by atoms with E-state index in [4.69, 9.17) is 4.74 Å². The third kappa shape index (κ3) is 3.59. The van der Waals surface area contributed by atoms with Crippen molar-refractivity contribution in [2.24, 2.45) is 0 Å². The van der Waals surface area contributed by atoms with Crippen LogP contribution in [-0.2, 0) is 20.6 Å². The minimum Gasteiger partial charge on any atom is -0.481 e. The van der Waals surface area contributed by atoms with Crippen LogP contribution in [0.25, 0.3) is 0 Å². The molecule has 0 atom stereocenters. The maximum atomic E-state index is 12.9. The van der Waals surface area contributed by atoms with Gasteiger partial charge in [-0.05, 0) is 29.8 Å². The van der Waals surface area contributed by atoms with Gasteiger partial charge in [-0.25, -0.2) is 12.8 Å². The SMILES string of the molecule is O=C1COc2cccc(NS(=O)(=O)Cc3ccc(F)cc3)c2N1. The third-order valence-corrected chi connectivity index (χ3v) is 4.43. The molecule has 2 N–H and O–H groups in total. The highest BCUT2D eigenvalue weighted by molar-refractivity contribution is 7.91. The molecular formula is C15H13FN2O4S. The molecule has 1 heterocycles. The van der Waals surface area contributed by atoms with Crippen LogP contribution in [-0.4, -0.2) is 20.9 Å². The normalized spacial score (nSPS) is 13.7. The minimum atomic E-state index is -3.73. The van der Waals surface area contributed by atoms with Gasteiger partial charge in [0.1, 0.15) is 17.3 Å². The predicted molar refractivity (Wildman–Crippen MR) is 83.2 cm³/mol. The summed E-state index contributed by atoms with van der Waals surface area (Å²) in [5.41, 5.74) is 0.952. The molecule has 3 rings (SSSR count). The van der Waals surface area contributed by atoms with E-state index in [-0.39, 0.29) is 29.6 Å². The standard InChI is InChI=1S/C15H13FN2O4S/c16-11-6-4-10(5-7-11)9-23(20,21)18-12-2-1-3-13-15(12)17-14(19)8-22-13/h1-7,18H,8-9H2,(H,17,19). The Kier molecular flexibility index (Phi) is 3.91. The number of para-hydroxylation sites is 1. The zero-order chi connectivity index (χ0) is 16.4. The summed E-state index contributed by atoms with van der Waals surface area (Å²) in [6, 6.07) is 9.97. The molecule has 120 valence electrons.